The van der Waals surface area contributed by atoms with Crippen molar-refractivity contribution in [1.29, 1.82) is 0 Å². The molecule has 0 saturated heterocycles. The number of carbonyl (C=O) groups excluding carboxylic acids is 1. The summed E-state index contributed by atoms with van der Waals surface area (Å²) in [5, 5.41) is 20.5. The van der Waals surface area contributed by atoms with Crippen LogP contribution in [0.25, 0.3) is 0 Å². The van der Waals surface area contributed by atoms with E-state index in [1.807, 2.05) is 32.0 Å². The van der Waals surface area contributed by atoms with E-state index in [9.17, 15) is 14.9 Å². The number of non-ortho nitro benzene ring substituents is 1. The molecule has 28 heavy (non-hydrogen) atoms. The highest BCUT2D eigenvalue weighted by Gasteiger charge is 2.31. The van der Waals surface area contributed by atoms with Gasteiger partial charge in [-0.25, -0.2) is 0 Å². The Morgan fingerprint density at radius 3 is 2.61 bits per heavy atom. The molecule has 0 spiro atoms. The molecule has 7 nitrogen and oxygen atoms in total. The first-order chi connectivity index (χ1) is 13.3. The van der Waals surface area contributed by atoms with Crippen LogP contribution < -0.4 is 16.0 Å². The number of carbonyl (C=O) groups is 1. The van der Waals surface area contributed by atoms with E-state index in [1.54, 1.807) is 19.1 Å². The number of hydrogen-bond acceptors (Lipinski definition) is 4. The van der Waals surface area contributed by atoms with E-state index in [-0.39, 0.29) is 11.6 Å². The third kappa shape index (κ3) is 3.86. The number of hydrogen-bond donors (Lipinski definition) is 3. The van der Waals surface area contributed by atoms with E-state index < -0.39 is 11.0 Å². The molecule has 0 fully saturated rings. The van der Waals surface area contributed by atoms with Gasteiger partial charge in [0.1, 0.15) is 0 Å². The molecule has 1 atom stereocenters. The van der Waals surface area contributed by atoms with E-state index in [0.717, 1.165) is 16.8 Å². The molecule has 144 valence electrons. The predicted molar refractivity (Wildman–Crippen MR) is 112 cm³/mol. The van der Waals surface area contributed by atoms with Crippen LogP contribution in [0.4, 0.5) is 11.4 Å². The number of nitrogens with one attached hydrogen (secondary N) is 3. The van der Waals surface area contributed by atoms with E-state index in [2.05, 4.69) is 16.0 Å². The van der Waals surface area contributed by atoms with Crippen molar-refractivity contribution in [3.05, 3.63) is 80.5 Å². The van der Waals surface area contributed by atoms with Crippen LogP contribution in [0, 0.1) is 24.0 Å². The third-order valence-electron chi connectivity index (χ3n) is 4.78. The van der Waals surface area contributed by atoms with Gasteiger partial charge in [0.25, 0.3) is 11.6 Å². The van der Waals surface area contributed by atoms with Crippen LogP contribution in [0.15, 0.2) is 53.7 Å². The summed E-state index contributed by atoms with van der Waals surface area (Å²) in [6, 6.07) is 11.3. The lowest BCUT2D eigenvalue weighted by Gasteiger charge is -2.30. The maximum atomic E-state index is 13.1. The molecule has 0 radical (unpaired) electrons. The van der Waals surface area contributed by atoms with Crippen molar-refractivity contribution in [1.82, 2.24) is 10.6 Å². The van der Waals surface area contributed by atoms with E-state index >= 15 is 0 Å². The fourth-order valence-corrected chi connectivity index (χ4v) is 3.41. The van der Waals surface area contributed by atoms with Crippen LogP contribution in [0.2, 0.25) is 0 Å². The summed E-state index contributed by atoms with van der Waals surface area (Å²) in [4.78, 5) is 23.8. The molecular weight excluding hydrogens is 376 g/mol. The molecule has 2 aromatic rings. The first kappa shape index (κ1) is 19.5. The number of nitrogens with zero attached hydrogens (tertiary/aromatic N) is 1. The number of nitro groups is 1. The van der Waals surface area contributed by atoms with Gasteiger partial charge in [-0.05, 0) is 55.7 Å². The van der Waals surface area contributed by atoms with Gasteiger partial charge in [0.15, 0.2) is 5.11 Å². The highest BCUT2D eigenvalue weighted by atomic mass is 32.1. The maximum absolute atomic E-state index is 13.1. The number of thiocarbonyl (C=S) groups is 1. The van der Waals surface area contributed by atoms with Crippen molar-refractivity contribution in [2.24, 2.45) is 0 Å². The average Bonchev–Trinajstić information content (AvgIpc) is 2.64. The first-order valence-electron chi connectivity index (χ1n) is 8.68. The van der Waals surface area contributed by atoms with Crippen molar-refractivity contribution >= 4 is 34.6 Å². The summed E-state index contributed by atoms with van der Waals surface area (Å²) in [7, 11) is 0. The lowest BCUT2D eigenvalue weighted by atomic mass is 9.94. The number of allylic oxidation sites excluding steroid dienone is 1. The smallest absolute Gasteiger partial charge is 0.269 e. The Kier molecular flexibility index (Phi) is 5.41. The molecule has 0 bridgehead atoms. The summed E-state index contributed by atoms with van der Waals surface area (Å²) in [5.74, 6) is -0.301. The Morgan fingerprint density at radius 2 is 1.89 bits per heavy atom. The minimum absolute atomic E-state index is 0.0457. The van der Waals surface area contributed by atoms with Crippen molar-refractivity contribution < 1.29 is 9.72 Å². The molecule has 1 aliphatic rings. The molecule has 2 aromatic carbocycles. The molecule has 0 aromatic heterocycles. The van der Waals surface area contributed by atoms with Gasteiger partial charge in [-0.2, -0.15) is 0 Å². The zero-order chi connectivity index (χ0) is 20.4. The van der Waals surface area contributed by atoms with Crippen molar-refractivity contribution in [3.63, 3.8) is 0 Å². The normalized spacial score (nSPS) is 16.2. The van der Waals surface area contributed by atoms with Gasteiger partial charge in [0.2, 0.25) is 0 Å². The van der Waals surface area contributed by atoms with Crippen molar-refractivity contribution in [2.45, 2.75) is 26.8 Å². The zero-order valence-electron chi connectivity index (χ0n) is 15.7. The summed E-state index contributed by atoms with van der Waals surface area (Å²) >= 11 is 5.23. The second-order valence-corrected chi connectivity index (χ2v) is 7.03. The average molecular weight is 396 g/mol. The number of anilines is 1. The highest BCUT2D eigenvalue weighted by Crippen LogP contribution is 2.30. The zero-order valence-corrected chi connectivity index (χ0v) is 16.5. The Hall–Kier alpha value is -3.26. The van der Waals surface area contributed by atoms with Crippen molar-refractivity contribution in [3.8, 4) is 0 Å². The summed E-state index contributed by atoms with van der Waals surface area (Å²) in [6.45, 7) is 5.68. The monoisotopic (exact) mass is 396 g/mol. The van der Waals surface area contributed by atoms with Crippen LogP contribution in [-0.2, 0) is 4.79 Å². The molecule has 1 aliphatic heterocycles. The number of nitro benzene ring substituents is 1. The van der Waals surface area contributed by atoms with Crippen LogP contribution in [0.1, 0.15) is 29.7 Å². The summed E-state index contributed by atoms with van der Waals surface area (Å²) < 4.78 is 0. The van der Waals surface area contributed by atoms with E-state index in [1.165, 1.54) is 12.1 Å². The molecule has 1 amide bonds. The predicted octanol–water partition coefficient (Wildman–Crippen LogP) is 3.64. The van der Waals surface area contributed by atoms with Gasteiger partial charge >= 0.3 is 0 Å². The SMILES string of the molecule is CC1=C(C(=O)Nc2cccc(C)c2C)[C@H](c2cccc([N+](=O)[O-])c2)NC(=S)N1. The first-order valence-corrected chi connectivity index (χ1v) is 9.09. The third-order valence-corrected chi connectivity index (χ3v) is 5.00. The second kappa shape index (κ2) is 7.77. The quantitative estimate of drug-likeness (QED) is 0.415. The molecule has 0 aliphatic carbocycles. The van der Waals surface area contributed by atoms with Gasteiger partial charge in [0, 0.05) is 23.5 Å². The lowest BCUT2D eigenvalue weighted by molar-refractivity contribution is -0.384. The van der Waals surface area contributed by atoms with E-state index in [0.29, 0.717) is 21.9 Å². The highest BCUT2D eigenvalue weighted by molar-refractivity contribution is 7.80. The standard InChI is InChI=1S/C20H20N4O3S/c1-11-6-4-9-16(12(11)2)22-19(25)17-13(3)21-20(28)23-18(17)14-7-5-8-15(10-14)24(26)27/h4-10,18H,1-3H3,(H,22,25)(H2,21,23,28)/t18-/m0/s1. The van der Waals surface area contributed by atoms with Crippen LogP contribution >= 0.6 is 12.2 Å². The molecule has 3 rings (SSSR count). The van der Waals surface area contributed by atoms with Gasteiger partial charge in [-0.15, -0.1) is 0 Å². The molecule has 3 N–H and O–H groups in total. The fraction of sp³-hybridized carbons (Fsp3) is 0.200. The molecule has 8 heteroatoms. The van der Waals surface area contributed by atoms with Gasteiger partial charge < -0.3 is 16.0 Å². The van der Waals surface area contributed by atoms with Crippen LogP contribution in [0.5, 0.6) is 0 Å². The maximum Gasteiger partial charge on any atom is 0.269 e. The summed E-state index contributed by atoms with van der Waals surface area (Å²) in [6.07, 6.45) is 0. The van der Waals surface area contributed by atoms with Gasteiger partial charge in [-0.1, -0.05) is 24.3 Å². The minimum atomic E-state index is -0.598. The van der Waals surface area contributed by atoms with Gasteiger partial charge in [-0.3, -0.25) is 14.9 Å². The molecule has 0 saturated carbocycles. The Bertz CT molecular complexity index is 1020. The fourth-order valence-electron chi connectivity index (χ4n) is 3.14. The topological polar surface area (TPSA) is 96.3 Å². The lowest BCUT2D eigenvalue weighted by Crippen LogP contribution is -2.45. The number of amides is 1. The van der Waals surface area contributed by atoms with Crippen molar-refractivity contribution in [2.75, 3.05) is 5.32 Å². The number of aryl methyl sites for hydroxylation is 1. The number of benzene rings is 2. The molecule has 0 unspecified atom stereocenters. The Labute approximate surface area is 168 Å². The molecule has 1 heterocycles. The minimum Gasteiger partial charge on any atom is -0.351 e. The second-order valence-electron chi connectivity index (χ2n) is 6.62. The Morgan fingerprint density at radius 1 is 1.18 bits per heavy atom. The Balaban J connectivity index is 2.00. The number of rotatable bonds is 4. The largest absolute Gasteiger partial charge is 0.351 e. The van der Waals surface area contributed by atoms with E-state index in [4.69, 9.17) is 12.2 Å². The van der Waals surface area contributed by atoms with Gasteiger partial charge in [0.05, 0.1) is 16.5 Å². The van der Waals surface area contributed by atoms with Crippen LogP contribution in [-0.4, -0.2) is 15.9 Å². The summed E-state index contributed by atoms with van der Waals surface area (Å²) in [5.41, 5.74) is 4.33. The van der Waals surface area contributed by atoms with Crippen LogP contribution in [0.3, 0.4) is 0 Å². The molecular formula is C20H20N4O3S.